The van der Waals surface area contributed by atoms with Crippen LogP contribution in [0.15, 0.2) is 82.9 Å². The third-order valence-electron chi connectivity index (χ3n) is 6.23. The van der Waals surface area contributed by atoms with Gasteiger partial charge in [0.1, 0.15) is 16.8 Å². The minimum Gasteiger partial charge on any atom is -0.495 e. The number of rotatable bonds is 6. The largest absolute Gasteiger partial charge is 0.495 e. The van der Waals surface area contributed by atoms with Crippen molar-refractivity contribution in [2.45, 2.75) is 31.1 Å². The summed E-state index contributed by atoms with van der Waals surface area (Å²) >= 11 is 1.22. The van der Waals surface area contributed by atoms with Gasteiger partial charge in [-0.25, -0.2) is 9.40 Å². The summed E-state index contributed by atoms with van der Waals surface area (Å²) < 4.78 is 18.9. The number of amides is 2. The number of thioether (sulfide) groups is 1. The Hall–Kier alpha value is -3.98. The second-order valence-corrected chi connectivity index (χ2v) is 9.99. The number of amidine groups is 1. The molecule has 1 N–H and O–H groups in total. The highest BCUT2D eigenvalue weighted by molar-refractivity contribution is 8.15. The van der Waals surface area contributed by atoms with Gasteiger partial charge in [-0.1, -0.05) is 65.9 Å². The van der Waals surface area contributed by atoms with Gasteiger partial charge in [0.05, 0.1) is 24.6 Å². The van der Waals surface area contributed by atoms with Gasteiger partial charge in [-0.3, -0.25) is 9.59 Å². The van der Waals surface area contributed by atoms with E-state index in [-0.39, 0.29) is 30.1 Å². The Kier molecular flexibility index (Phi) is 7.05. The molecule has 0 aromatic heterocycles. The standard InChI is InChI=1S/C28H25FN4O3S/c1-17-7-9-18(10-8-17)22-15-23(19-11-13-20(29)14-12-19)33(32-22)28-31-27(35)25(37-28)16-26(34)30-21-5-3-4-6-24(21)36-2/h3-14,23,25H,15-16H2,1-2H3,(H,30,34)/t23-,25+/m1/s1. The Morgan fingerprint density at radius 2 is 1.84 bits per heavy atom. The predicted molar refractivity (Wildman–Crippen MR) is 143 cm³/mol. The third kappa shape index (κ3) is 5.41. The Morgan fingerprint density at radius 3 is 2.57 bits per heavy atom. The second kappa shape index (κ2) is 10.6. The highest BCUT2D eigenvalue weighted by Crippen LogP contribution is 2.38. The summed E-state index contributed by atoms with van der Waals surface area (Å²) in [6, 6.07) is 21.2. The second-order valence-electron chi connectivity index (χ2n) is 8.82. The molecule has 3 aromatic carbocycles. The van der Waals surface area contributed by atoms with Gasteiger partial charge in [0, 0.05) is 12.8 Å². The molecule has 2 atom stereocenters. The molecule has 5 rings (SSSR count). The molecule has 3 aromatic rings. The number of nitrogens with one attached hydrogen (secondary N) is 1. The third-order valence-corrected chi connectivity index (χ3v) is 7.37. The van der Waals surface area contributed by atoms with Crippen LogP contribution in [0.3, 0.4) is 0 Å². The van der Waals surface area contributed by atoms with Crippen molar-refractivity contribution in [3.8, 4) is 5.75 Å². The van der Waals surface area contributed by atoms with E-state index in [4.69, 9.17) is 9.84 Å². The van der Waals surface area contributed by atoms with E-state index in [1.54, 1.807) is 35.3 Å². The Morgan fingerprint density at radius 1 is 1.11 bits per heavy atom. The van der Waals surface area contributed by atoms with E-state index in [2.05, 4.69) is 10.3 Å². The van der Waals surface area contributed by atoms with E-state index < -0.39 is 5.25 Å². The summed E-state index contributed by atoms with van der Waals surface area (Å²) in [5.41, 5.74) is 4.37. The van der Waals surface area contributed by atoms with Crippen molar-refractivity contribution in [3.63, 3.8) is 0 Å². The van der Waals surface area contributed by atoms with Gasteiger partial charge in [0.25, 0.3) is 5.91 Å². The summed E-state index contributed by atoms with van der Waals surface area (Å²) in [5, 5.41) is 9.12. The number of ether oxygens (including phenoxy) is 1. The van der Waals surface area contributed by atoms with Crippen LogP contribution in [-0.2, 0) is 9.59 Å². The number of anilines is 1. The summed E-state index contributed by atoms with van der Waals surface area (Å²) in [7, 11) is 1.53. The first-order valence-electron chi connectivity index (χ1n) is 11.8. The molecular formula is C28H25FN4O3S. The molecule has 0 radical (unpaired) electrons. The van der Waals surface area contributed by atoms with Crippen molar-refractivity contribution in [1.29, 1.82) is 0 Å². The number of hydrogen-bond donors (Lipinski definition) is 1. The lowest BCUT2D eigenvalue weighted by molar-refractivity contribution is -0.121. The first-order chi connectivity index (χ1) is 17.9. The summed E-state index contributed by atoms with van der Waals surface area (Å²) in [6.45, 7) is 2.02. The van der Waals surface area contributed by atoms with Crippen molar-refractivity contribution >= 4 is 40.1 Å². The van der Waals surface area contributed by atoms with Gasteiger partial charge in [0.15, 0.2) is 5.17 Å². The molecular weight excluding hydrogens is 491 g/mol. The van der Waals surface area contributed by atoms with Crippen LogP contribution >= 0.6 is 11.8 Å². The fourth-order valence-corrected chi connectivity index (χ4v) is 5.34. The molecule has 0 spiro atoms. The van der Waals surface area contributed by atoms with Crippen molar-refractivity contribution < 1.29 is 18.7 Å². The van der Waals surface area contributed by atoms with Gasteiger partial charge in [0.2, 0.25) is 5.91 Å². The number of aliphatic imine (C=N–C) groups is 1. The maximum Gasteiger partial charge on any atom is 0.262 e. The number of aryl methyl sites for hydroxylation is 1. The molecule has 0 aliphatic carbocycles. The van der Waals surface area contributed by atoms with Crippen LogP contribution in [0.25, 0.3) is 0 Å². The smallest absolute Gasteiger partial charge is 0.262 e. The number of carbonyl (C=O) groups excluding carboxylic acids is 2. The molecule has 188 valence electrons. The average molecular weight is 517 g/mol. The monoisotopic (exact) mass is 516 g/mol. The van der Waals surface area contributed by atoms with Crippen LogP contribution < -0.4 is 10.1 Å². The van der Waals surface area contributed by atoms with Crippen LogP contribution in [0.2, 0.25) is 0 Å². The molecule has 2 heterocycles. The van der Waals surface area contributed by atoms with Crippen molar-refractivity contribution in [2.75, 3.05) is 12.4 Å². The first kappa shape index (κ1) is 24.7. The number of hydrazone groups is 1. The normalized spacial score (nSPS) is 19.0. The Balaban J connectivity index is 1.35. The van der Waals surface area contributed by atoms with E-state index in [1.165, 1.54) is 31.0 Å². The minimum atomic E-state index is -0.669. The zero-order chi connectivity index (χ0) is 25.9. The summed E-state index contributed by atoms with van der Waals surface area (Å²) in [5.74, 6) is -0.480. The molecule has 7 nitrogen and oxygen atoms in total. The van der Waals surface area contributed by atoms with E-state index in [0.717, 1.165) is 22.4 Å². The van der Waals surface area contributed by atoms with Crippen LogP contribution in [-0.4, -0.2) is 40.1 Å². The van der Waals surface area contributed by atoms with E-state index in [9.17, 15) is 14.0 Å². The molecule has 0 fully saturated rings. The molecule has 0 saturated heterocycles. The quantitative estimate of drug-likeness (QED) is 0.480. The lowest BCUT2D eigenvalue weighted by Crippen LogP contribution is -2.25. The van der Waals surface area contributed by atoms with Crippen LogP contribution in [0.1, 0.15) is 35.6 Å². The number of methoxy groups -OCH3 is 1. The fraction of sp³-hybridized carbons (Fsp3) is 0.214. The lowest BCUT2D eigenvalue weighted by Gasteiger charge is -2.23. The van der Waals surface area contributed by atoms with E-state index in [0.29, 0.717) is 23.0 Å². The number of halogens is 1. The van der Waals surface area contributed by atoms with E-state index in [1.807, 2.05) is 37.3 Å². The maximum atomic E-state index is 13.6. The molecule has 0 bridgehead atoms. The molecule has 37 heavy (non-hydrogen) atoms. The molecule has 2 aliphatic rings. The summed E-state index contributed by atoms with van der Waals surface area (Å²) in [6.07, 6.45) is 0.527. The number of nitrogens with zero attached hydrogens (tertiary/aromatic N) is 3. The fourth-order valence-electron chi connectivity index (χ4n) is 4.27. The van der Waals surface area contributed by atoms with Gasteiger partial charge >= 0.3 is 0 Å². The molecule has 0 saturated carbocycles. The Labute approximate surface area is 218 Å². The highest BCUT2D eigenvalue weighted by atomic mass is 32.2. The molecule has 2 amide bonds. The number of benzene rings is 3. The zero-order valence-corrected chi connectivity index (χ0v) is 21.2. The number of hydrogen-bond acceptors (Lipinski definition) is 6. The number of para-hydroxylation sites is 2. The molecule has 2 aliphatic heterocycles. The zero-order valence-electron chi connectivity index (χ0n) is 20.3. The molecule has 9 heteroatoms. The van der Waals surface area contributed by atoms with Crippen molar-refractivity contribution in [2.24, 2.45) is 10.1 Å². The summed E-state index contributed by atoms with van der Waals surface area (Å²) in [4.78, 5) is 29.8. The van der Waals surface area contributed by atoms with Gasteiger partial charge < -0.3 is 10.1 Å². The van der Waals surface area contributed by atoms with Crippen molar-refractivity contribution in [1.82, 2.24) is 5.01 Å². The van der Waals surface area contributed by atoms with Gasteiger partial charge in [-0.05, 0) is 42.3 Å². The van der Waals surface area contributed by atoms with Gasteiger partial charge in [-0.15, -0.1) is 0 Å². The highest BCUT2D eigenvalue weighted by Gasteiger charge is 2.39. The maximum absolute atomic E-state index is 13.6. The SMILES string of the molecule is COc1ccccc1NC(=O)C[C@@H]1SC(N2N=C(c3ccc(C)cc3)C[C@@H]2c2ccc(F)cc2)=NC1=O. The minimum absolute atomic E-state index is 0.0435. The van der Waals surface area contributed by atoms with Crippen LogP contribution in [0.4, 0.5) is 10.1 Å². The lowest BCUT2D eigenvalue weighted by atomic mass is 9.98. The van der Waals surface area contributed by atoms with Crippen LogP contribution in [0.5, 0.6) is 5.75 Å². The average Bonchev–Trinajstić information content (AvgIpc) is 3.49. The topological polar surface area (TPSA) is 83.4 Å². The van der Waals surface area contributed by atoms with Gasteiger partial charge in [-0.2, -0.15) is 10.1 Å². The Bertz CT molecular complexity index is 1390. The first-order valence-corrected chi connectivity index (χ1v) is 12.7. The van der Waals surface area contributed by atoms with E-state index >= 15 is 0 Å². The predicted octanol–water partition coefficient (Wildman–Crippen LogP) is 5.32. The van der Waals surface area contributed by atoms with Crippen molar-refractivity contribution in [3.05, 3.63) is 95.3 Å². The molecule has 0 unspecified atom stereocenters. The van der Waals surface area contributed by atoms with Crippen LogP contribution in [0, 0.1) is 12.7 Å². The number of carbonyl (C=O) groups is 2.